The number of benzene rings is 2. The van der Waals surface area contributed by atoms with Crippen molar-refractivity contribution in [3.63, 3.8) is 0 Å². The molecule has 26 heavy (non-hydrogen) atoms. The third-order valence-corrected chi connectivity index (χ3v) is 3.69. The minimum absolute atomic E-state index is 0.209. The number of anilines is 1. The number of hydrogen-bond acceptors (Lipinski definition) is 4. The zero-order valence-corrected chi connectivity index (χ0v) is 15.7. The molecule has 0 spiro atoms. The van der Waals surface area contributed by atoms with Gasteiger partial charge in [0.05, 0.1) is 25.5 Å². The zero-order valence-electron chi connectivity index (χ0n) is 15.7. The second kappa shape index (κ2) is 10.3. The fourth-order valence-corrected chi connectivity index (χ4v) is 2.38. The highest BCUT2D eigenvalue weighted by atomic mass is 16.5. The monoisotopic (exact) mass is 357 g/mol. The number of ether oxygens (including phenoxy) is 3. The first-order valence-electron chi connectivity index (χ1n) is 9.11. The molecule has 2 aromatic carbocycles. The van der Waals surface area contributed by atoms with Crippen molar-refractivity contribution in [2.45, 2.75) is 33.6 Å². The third-order valence-electron chi connectivity index (χ3n) is 3.69. The summed E-state index contributed by atoms with van der Waals surface area (Å²) in [6, 6.07) is 12.5. The molecule has 0 aliphatic rings. The summed E-state index contributed by atoms with van der Waals surface area (Å²) in [7, 11) is 0. The van der Waals surface area contributed by atoms with Crippen LogP contribution in [0.1, 0.15) is 44.0 Å². The molecule has 1 N–H and O–H groups in total. The van der Waals surface area contributed by atoms with E-state index in [1.165, 1.54) is 0 Å². The average molecular weight is 357 g/mol. The van der Waals surface area contributed by atoms with Crippen LogP contribution >= 0.6 is 0 Å². The Balaban J connectivity index is 2.09. The van der Waals surface area contributed by atoms with Gasteiger partial charge in [-0.05, 0) is 56.7 Å². The van der Waals surface area contributed by atoms with E-state index in [2.05, 4.69) is 12.2 Å². The van der Waals surface area contributed by atoms with E-state index in [9.17, 15) is 4.79 Å². The highest BCUT2D eigenvalue weighted by Crippen LogP contribution is 2.30. The van der Waals surface area contributed by atoms with E-state index < -0.39 is 0 Å². The first kappa shape index (κ1) is 19.6. The van der Waals surface area contributed by atoms with Crippen LogP contribution in [0.5, 0.6) is 17.2 Å². The summed E-state index contributed by atoms with van der Waals surface area (Å²) in [6.45, 7) is 7.69. The van der Waals surface area contributed by atoms with E-state index >= 15 is 0 Å². The Morgan fingerprint density at radius 3 is 2.23 bits per heavy atom. The van der Waals surface area contributed by atoms with Crippen molar-refractivity contribution in [1.29, 1.82) is 0 Å². The second-order valence-corrected chi connectivity index (χ2v) is 5.70. The number of amides is 1. The minimum Gasteiger partial charge on any atom is -0.494 e. The van der Waals surface area contributed by atoms with E-state index in [1.807, 2.05) is 32.0 Å². The fraction of sp³-hybridized carbons (Fsp3) is 0.381. The molecule has 0 aromatic heterocycles. The molecule has 5 nitrogen and oxygen atoms in total. The lowest BCUT2D eigenvalue weighted by Gasteiger charge is -2.14. The summed E-state index contributed by atoms with van der Waals surface area (Å²) in [4.78, 5) is 12.6. The van der Waals surface area contributed by atoms with Gasteiger partial charge in [-0.2, -0.15) is 0 Å². The summed E-state index contributed by atoms with van der Waals surface area (Å²) in [5.74, 6) is 1.86. The lowest BCUT2D eigenvalue weighted by atomic mass is 10.2. The quantitative estimate of drug-likeness (QED) is 0.614. The van der Waals surface area contributed by atoms with Crippen molar-refractivity contribution in [1.82, 2.24) is 0 Å². The first-order chi connectivity index (χ1) is 12.7. The van der Waals surface area contributed by atoms with Gasteiger partial charge in [-0.3, -0.25) is 4.79 Å². The molecule has 1 amide bonds. The molecule has 0 atom stereocenters. The molecule has 2 rings (SSSR count). The predicted molar refractivity (Wildman–Crippen MR) is 104 cm³/mol. The third kappa shape index (κ3) is 5.69. The topological polar surface area (TPSA) is 56.8 Å². The van der Waals surface area contributed by atoms with Crippen LogP contribution in [0.3, 0.4) is 0 Å². The van der Waals surface area contributed by atoms with Gasteiger partial charge >= 0.3 is 0 Å². The molecule has 0 heterocycles. The van der Waals surface area contributed by atoms with Gasteiger partial charge in [0, 0.05) is 11.6 Å². The average Bonchev–Trinajstić information content (AvgIpc) is 2.65. The van der Waals surface area contributed by atoms with E-state index in [0.717, 1.165) is 18.6 Å². The van der Waals surface area contributed by atoms with Gasteiger partial charge in [0.2, 0.25) is 0 Å². The molecule has 0 unspecified atom stereocenters. The second-order valence-electron chi connectivity index (χ2n) is 5.70. The van der Waals surface area contributed by atoms with Gasteiger partial charge in [0.1, 0.15) is 17.2 Å². The first-order valence-corrected chi connectivity index (χ1v) is 9.11. The van der Waals surface area contributed by atoms with E-state index in [0.29, 0.717) is 42.6 Å². The van der Waals surface area contributed by atoms with E-state index in [-0.39, 0.29) is 5.91 Å². The summed E-state index contributed by atoms with van der Waals surface area (Å²) >= 11 is 0. The van der Waals surface area contributed by atoms with Gasteiger partial charge in [-0.25, -0.2) is 0 Å². The van der Waals surface area contributed by atoms with Crippen LogP contribution in [-0.2, 0) is 0 Å². The molecule has 140 valence electrons. The van der Waals surface area contributed by atoms with Crippen molar-refractivity contribution in [2.24, 2.45) is 0 Å². The molecular formula is C21H27NO4. The highest BCUT2D eigenvalue weighted by molar-refractivity contribution is 6.05. The molecule has 0 aliphatic heterocycles. The van der Waals surface area contributed by atoms with Crippen LogP contribution in [0.25, 0.3) is 0 Å². The Labute approximate surface area is 155 Å². The largest absolute Gasteiger partial charge is 0.494 e. The van der Waals surface area contributed by atoms with Crippen molar-refractivity contribution in [3.8, 4) is 17.2 Å². The van der Waals surface area contributed by atoms with Gasteiger partial charge < -0.3 is 19.5 Å². The van der Waals surface area contributed by atoms with Crippen LogP contribution in [-0.4, -0.2) is 25.7 Å². The normalized spacial score (nSPS) is 10.3. The van der Waals surface area contributed by atoms with Crippen molar-refractivity contribution >= 4 is 11.6 Å². The van der Waals surface area contributed by atoms with Crippen molar-refractivity contribution < 1.29 is 19.0 Å². The predicted octanol–water partition coefficient (Wildman–Crippen LogP) is 4.92. The fourth-order valence-electron chi connectivity index (χ4n) is 2.38. The lowest BCUT2D eigenvalue weighted by molar-refractivity contribution is 0.102. The Kier molecular flexibility index (Phi) is 7.80. The molecule has 0 aliphatic carbocycles. The number of rotatable bonds is 10. The van der Waals surface area contributed by atoms with Gasteiger partial charge in [-0.1, -0.05) is 13.3 Å². The Hall–Kier alpha value is -2.69. The maximum absolute atomic E-state index is 12.6. The van der Waals surface area contributed by atoms with Crippen LogP contribution in [0.15, 0.2) is 42.5 Å². The smallest absolute Gasteiger partial charge is 0.255 e. The van der Waals surface area contributed by atoms with Crippen LogP contribution in [0.4, 0.5) is 5.69 Å². The molecule has 0 fully saturated rings. The van der Waals surface area contributed by atoms with Crippen molar-refractivity contribution in [3.05, 3.63) is 48.0 Å². The Bertz CT molecular complexity index is 698. The van der Waals surface area contributed by atoms with Gasteiger partial charge in [0.25, 0.3) is 5.91 Å². The Morgan fingerprint density at radius 2 is 1.58 bits per heavy atom. The summed E-state index contributed by atoms with van der Waals surface area (Å²) in [5, 5.41) is 2.90. The summed E-state index contributed by atoms with van der Waals surface area (Å²) in [6.07, 6.45) is 2.10. The SMILES string of the molecule is CCCCOc1ccc(C(=O)Nc2cc(OCC)ccc2OCC)cc1. The van der Waals surface area contributed by atoms with E-state index in [4.69, 9.17) is 14.2 Å². The molecule has 0 saturated carbocycles. The maximum atomic E-state index is 12.6. The molecule has 0 bridgehead atoms. The number of carbonyl (C=O) groups excluding carboxylic acids is 1. The maximum Gasteiger partial charge on any atom is 0.255 e. The van der Waals surface area contributed by atoms with Crippen molar-refractivity contribution in [2.75, 3.05) is 25.1 Å². The molecule has 2 aromatic rings. The zero-order chi connectivity index (χ0) is 18.8. The summed E-state index contributed by atoms with van der Waals surface area (Å²) < 4.78 is 16.7. The Morgan fingerprint density at radius 1 is 0.885 bits per heavy atom. The molecule has 5 heteroatoms. The number of nitrogens with one attached hydrogen (secondary N) is 1. The molecular weight excluding hydrogens is 330 g/mol. The van der Waals surface area contributed by atoms with Gasteiger partial charge in [0.15, 0.2) is 0 Å². The lowest BCUT2D eigenvalue weighted by Crippen LogP contribution is -2.13. The highest BCUT2D eigenvalue weighted by Gasteiger charge is 2.12. The molecule has 0 saturated heterocycles. The van der Waals surface area contributed by atoms with Gasteiger partial charge in [-0.15, -0.1) is 0 Å². The minimum atomic E-state index is -0.209. The van der Waals surface area contributed by atoms with Crippen LogP contribution in [0.2, 0.25) is 0 Å². The van der Waals surface area contributed by atoms with Crippen LogP contribution in [0, 0.1) is 0 Å². The van der Waals surface area contributed by atoms with Crippen LogP contribution < -0.4 is 19.5 Å². The number of unbranched alkanes of at least 4 members (excludes halogenated alkanes) is 1. The summed E-state index contributed by atoms with van der Waals surface area (Å²) in [5.41, 5.74) is 1.14. The number of hydrogen-bond donors (Lipinski definition) is 1. The standard InChI is InChI=1S/C21H27NO4/c1-4-7-14-26-17-10-8-16(9-11-17)21(23)22-19-15-18(24-5-2)12-13-20(19)25-6-3/h8-13,15H,4-7,14H2,1-3H3,(H,22,23). The molecule has 0 radical (unpaired) electrons. The van der Waals surface area contributed by atoms with E-state index in [1.54, 1.807) is 24.3 Å². The number of carbonyl (C=O) groups is 1.